The molecule has 1 amide bonds. The molecule has 4 rings (SSSR count). The van der Waals surface area contributed by atoms with Crippen molar-refractivity contribution >= 4 is 33.6 Å². The van der Waals surface area contributed by atoms with Crippen molar-refractivity contribution in [3.63, 3.8) is 0 Å². The monoisotopic (exact) mass is 347 g/mol. The van der Waals surface area contributed by atoms with Crippen molar-refractivity contribution in [1.29, 1.82) is 0 Å². The standard InChI is InChI=1S/C20H17N3O3/c1-25-10-8-19-23-17-12-15(5-7-18(17)26-19)22-20(24)14-4-6-16-13(11-14)3-2-9-21-16/h2-7,9,11-12H,8,10H2,1H3,(H,22,24). The van der Waals surface area contributed by atoms with Crippen molar-refractivity contribution in [2.45, 2.75) is 6.42 Å². The molecule has 0 fully saturated rings. The number of fused-ring (bicyclic) bond motifs is 2. The molecule has 2 heterocycles. The molecule has 130 valence electrons. The van der Waals surface area contributed by atoms with Gasteiger partial charge in [-0.25, -0.2) is 4.98 Å². The van der Waals surface area contributed by atoms with E-state index < -0.39 is 0 Å². The van der Waals surface area contributed by atoms with E-state index in [1.165, 1.54) is 0 Å². The van der Waals surface area contributed by atoms with Crippen LogP contribution in [0.4, 0.5) is 5.69 Å². The van der Waals surface area contributed by atoms with Gasteiger partial charge in [0, 0.05) is 36.4 Å². The molecular weight excluding hydrogens is 330 g/mol. The van der Waals surface area contributed by atoms with E-state index in [0.29, 0.717) is 41.3 Å². The molecule has 0 bridgehead atoms. The van der Waals surface area contributed by atoms with Crippen LogP contribution < -0.4 is 5.32 Å². The maximum absolute atomic E-state index is 12.5. The second-order valence-corrected chi connectivity index (χ2v) is 5.90. The summed E-state index contributed by atoms with van der Waals surface area (Å²) in [5, 5.41) is 3.83. The Kier molecular flexibility index (Phi) is 4.33. The predicted molar refractivity (Wildman–Crippen MR) is 99.3 cm³/mol. The number of nitrogens with one attached hydrogen (secondary N) is 1. The second kappa shape index (κ2) is 6.93. The number of rotatable bonds is 5. The third-order valence-electron chi connectivity index (χ3n) is 4.07. The van der Waals surface area contributed by atoms with Crippen LogP contribution in [0.15, 0.2) is 59.1 Å². The minimum Gasteiger partial charge on any atom is -0.441 e. The zero-order chi connectivity index (χ0) is 17.9. The Hall–Kier alpha value is -3.25. The summed E-state index contributed by atoms with van der Waals surface area (Å²) in [4.78, 5) is 21.2. The normalized spacial score (nSPS) is 11.1. The summed E-state index contributed by atoms with van der Waals surface area (Å²) in [5.41, 5.74) is 3.49. The fourth-order valence-electron chi connectivity index (χ4n) is 2.77. The predicted octanol–water partition coefficient (Wildman–Crippen LogP) is 3.82. The van der Waals surface area contributed by atoms with Crippen LogP contribution in [0.1, 0.15) is 16.2 Å². The van der Waals surface area contributed by atoms with Crippen LogP contribution in [-0.2, 0) is 11.2 Å². The fraction of sp³-hybridized carbons (Fsp3) is 0.150. The summed E-state index contributed by atoms with van der Waals surface area (Å²) in [7, 11) is 1.64. The zero-order valence-electron chi connectivity index (χ0n) is 14.2. The lowest BCUT2D eigenvalue weighted by atomic mass is 10.1. The number of anilines is 1. The summed E-state index contributed by atoms with van der Waals surface area (Å²) >= 11 is 0. The van der Waals surface area contributed by atoms with Gasteiger partial charge in [-0.2, -0.15) is 0 Å². The Bertz CT molecular complexity index is 1090. The number of hydrogen-bond donors (Lipinski definition) is 1. The molecule has 0 unspecified atom stereocenters. The minimum atomic E-state index is -0.182. The number of ether oxygens (including phenoxy) is 1. The molecule has 2 aromatic heterocycles. The van der Waals surface area contributed by atoms with Gasteiger partial charge in [-0.1, -0.05) is 6.07 Å². The lowest BCUT2D eigenvalue weighted by Gasteiger charge is -2.06. The molecule has 2 aromatic carbocycles. The first kappa shape index (κ1) is 16.2. The van der Waals surface area contributed by atoms with Gasteiger partial charge in [0.1, 0.15) is 5.52 Å². The number of amides is 1. The first-order valence-electron chi connectivity index (χ1n) is 8.27. The molecule has 4 aromatic rings. The molecule has 6 nitrogen and oxygen atoms in total. The van der Waals surface area contributed by atoms with Gasteiger partial charge in [0.05, 0.1) is 12.1 Å². The number of methoxy groups -OCH3 is 1. The number of carbonyl (C=O) groups excluding carboxylic acids is 1. The number of pyridine rings is 1. The van der Waals surface area contributed by atoms with E-state index in [4.69, 9.17) is 9.15 Å². The largest absolute Gasteiger partial charge is 0.441 e. The van der Waals surface area contributed by atoms with Crippen LogP contribution in [0, 0.1) is 0 Å². The van der Waals surface area contributed by atoms with Crippen LogP contribution >= 0.6 is 0 Å². The van der Waals surface area contributed by atoms with Gasteiger partial charge < -0.3 is 14.5 Å². The summed E-state index contributed by atoms with van der Waals surface area (Å²) < 4.78 is 10.7. The molecule has 0 saturated carbocycles. The Morgan fingerprint density at radius 1 is 1.15 bits per heavy atom. The van der Waals surface area contributed by atoms with Gasteiger partial charge in [-0.05, 0) is 42.5 Å². The van der Waals surface area contributed by atoms with E-state index in [-0.39, 0.29) is 5.91 Å². The molecule has 0 aliphatic rings. The van der Waals surface area contributed by atoms with Crippen molar-refractivity contribution in [3.05, 3.63) is 66.2 Å². The smallest absolute Gasteiger partial charge is 0.255 e. The Labute approximate surface area is 149 Å². The van der Waals surface area contributed by atoms with E-state index in [1.807, 2.05) is 24.3 Å². The van der Waals surface area contributed by atoms with Crippen molar-refractivity contribution in [1.82, 2.24) is 9.97 Å². The highest BCUT2D eigenvalue weighted by atomic mass is 16.5. The highest BCUT2D eigenvalue weighted by molar-refractivity contribution is 6.06. The van der Waals surface area contributed by atoms with E-state index in [1.54, 1.807) is 37.6 Å². The van der Waals surface area contributed by atoms with Crippen molar-refractivity contribution < 1.29 is 13.9 Å². The van der Waals surface area contributed by atoms with Gasteiger partial charge in [0.2, 0.25) is 0 Å². The SMILES string of the molecule is COCCc1nc2cc(NC(=O)c3ccc4ncccc4c3)ccc2o1. The summed E-state index contributed by atoms with van der Waals surface area (Å²) in [6.45, 7) is 0.549. The molecule has 0 spiro atoms. The molecule has 1 N–H and O–H groups in total. The van der Waals surface area contributed by atoms with Gasteiger partial charge in [0.15, 0.2) is 11.5 Å². The van der Waals surface area contributed by atoms with Gasteiger partial charge in [-0.3, -0.25) is 9.78 Å². The third-order valence-corrected chi connectivity index (χ3v) is 4.07. The van der Waals surface area contributed by atoms with Crippen LogP contribution in [0.2, 0.25) is 0 Å². The summed E-state index contributed by atoms with van der Waals surface area (Å²) in [6, 6.07) is 14.6. The Morgan fingerprint density at radius 3 is 2.96 bits per heavy atom. The van der Waals surface area contributed by atoms with Gasteiger partial charge in [-0.15, -0.1) is 0 Å². The maximum atomic E-state index is 12.5. The van der Waals surface area contributed by atoms with Gasteiger partial charge >= 0.3 is 0 Å². The lowest BCUT2D eigenvalue weighted by Crippen LogP contribution is -2.11. The summed E-state index contributed by atoms with van der Waals surface area (Å²) in [6.07, 6.45) is 2.34. The van der Waals surface area contributed by atoms with Crippen LogP contribution in [-0.4, -0.2) is 29.6 Å². The highest BCUT2D eigenvalue weighted by Gasteiger charge is 2.10. The number of oxazole rings is 1. The zero-order valence-corrected chi connectivity index (χ0v) is 14.2. The van der Waals surface area contributed by atoms with Crippen LogP contribution in [0.25, 0.3) is 22.0 Å². The fourth-order valence-corrected chi connectivity index (χ4v) is 2.77. The van der Waals surface area contributed by atoms with Crippen molar-refractivity contribution in [2.24, 2.45) is 0 Å². The second-order valence-electron chi connectivity index (χ2n) is 5.90. The molecule has 0 saturated heterocycles. The molecule has 0 aliphatic carbocycles. The number of nitrogens with zero attached hydrogens (tertiary/aromatic N) is 2. The molecule has 26 heavy (non-hydrogen) atoms. The molecule has 0 atom stereocenters. The molecule has 0 radical (unpaired) electrons. The first-order chi connectivity index (χ1) is 12.7. The molecule has 0 aliphatic heterocycles. The third kappa shape index (κ3) is 3.27. The average Bonchev–Trinajstić information content (AvgIpc) is 3.08. The number of aromatic nitrogens is 2. The number of hydrogen-bond acceptors (Lipinski definition) is 5. The van der Waals surface area contributed by atoms with E-state index in [9.17, 15) is 4.79 Å². The highest BCUT2D eigenvalue weighted by Crippen LogP contribution is 2.21. The minimum absolute atomic E-state index is 0.182. The number of benzene rings is 2. The van der Waals surface area contributed by atoms with E-state index in [0.717, 1.165) is 10.9 Å². The van der Waals surface area contributed by atoms with Crippen LogP contribution in [0.5, 0.6) is 0 Å². The average molecular weight is 347 g/mol. The van der Waals surface area contributed by atoms with Crippen LogP contribution in [0.3, 0.4) is 0 Å². The van der Waals surface area contributed by atoms with Gasteiger partial charge in [0.25, 0.3) is 5.91 Å². The van der Waals surface area contributed by atoms with E-state index in [2.05, 4.69) is 15.3 Å². The molecular formula is C20H17N3O3. The van der Waals surface area contributed by atoms with Crippen molar-refractivity contribution in [2.75, 3.05) is 19.0 Å². The van der Waals surface area contributed by atoms with E-state index >= 15 is 0 Å². The maximum Gasteiger partial charge on any atom is 0.255 e. The first-order valence-corrected chi connectivity index (χ1v) is 8.27. The quantitative estimate of drug-likeness (QED) is 0.594. The Morgan fingerprint density at radius 2 is 2.08 bits per heavy atom. The lowest BCUT2D eigenvalue weighted by molar-refractivity contribution is 0.102. The summed E-state index contributed by atoms with van der Waals surface area (Å²) in [5.74, 6) is 0.436. The topological polar surface area (TPSA) is 77.2 Å². The van der Waals surface area contributed by atoms with Crippen molar-refractivity contribution in [3.8, 4) is 0 Å². The molecule has 6 heteroatoms. The Balaban J connectivity index is 1.56. The number of carbonyl (C=O) groups is 1.